The van der Waals surface area contributed by atoms with Crippen molar-refractivity contribution >= 4 is 11.9 Å². The van der Waals surface area contributed by atoms with Crippen LogP contribution in [0.4, 0.5) is 4.79 Å². The number of carbonyl (C=O) groups is 2. The first-order chi connectivity index (χ1) is 15.4. The molecule has 1 aliphatic carbocycles. The molecule has 0 bridgehead atoms. The minimum atomic E-state index is -0.266. The van der Waals surface area contributed by atoms with Gasteiger partial charge in [0, 0.05) is 31.7 Å². The predicted molar refractivity (Wildman–Crippen MR) is 125 cm³/mol. The molecule has 32 heavy (non-hydrogen) atoms. The van der Waals surface area contributed by atoms with Gasteiger partial charge in [0.15, 0.2) is 0 Å². The Balaban J connectivity index is 1.92. The fraction of sp³-hybridized carbons (Fsp3) is 0.520. The highest BCUT2D eigenvalue weighted by Crippen LogP contribution is 2.49. The lowest BCUT2D eigenvalue weighted by Crippen LogP contribution is -2.54. The highest BCUT2D eigenvalue weighted by Gasteiger charge is 2.49. The van der Waals surface area contributed by atoms with E-state index in [1.807, 2.05) is 13.0 Å². The number of hydrogen-bond donors (Lipinski definition) is 2. The smallest absolute Gasteiger partial charge is 0.326 e. The van der Waals surface area contributed by atoms with Gasteiger partial charge in [-0.1, -0.05) is 19.1 Å². The molecule has 1 aliphatic heterocycles. The van der Waals surface area contributed by atoms with Crippen molar-refractivity contribution in [2.75, 3.05) is 40.8 Å². The summed E-state index contributed by atoms with van der Waals surface area (Å²) in [5, 5.41) is 5.46. The molecule has 172 valence electrons. The Morgan fingerprint density at radius 1 is 1.25 bits per heavy atom. The zero-order valence-corrected chi connectivity index (χ0v) is 19.7. The molecule has 1 aromatic heterocycles. The van der Waals surface area contributed by atoms with E-state index in [0.29, 0.717) is 11.6 Å². The molecule has 2 aromatic rings. The SMILES string of the molecule is CCN1CC[C@@]2(c3cccc(OC)c3)Cc3c(c(C)c(C(=O)NC)n3C(=O)NC)C[C@@H]2C1. The number of amides is 2. The molecule has 7 nitrogen and oxygen atoms in total. The number of piperidine rings is 1. The molecule has 2 heterocycles. The third-order valence-corrected chi connectivity index (χ3v) is 7.67. The average molecular weight is 439 g/mol. The van der Waals surface area contributed by atoms with Gasteiger partial charge in [-0.2, -0.15) is 0 Å². The lowest BCUT2D eigenvalue weighted by molar-refractivity contribution is 0.0841. The average Bonchev–Trinajstić information content (AvgIpc) is 3.12. The van der Waals surface area contributed by atoms with E-state index in [1.165, 1.54) is 5.56 Å². The number of carbonyl (C=O) groups excluding carboxylic acids is 2. The first kappa shape index (κ1) is 22.4. The third-order valence-electron chi connectivity index (χ3n) is 7.67. The van der Waals surface area contributed by atoms with Gasteiger partial charge in [0.25, 0.3) is 5.91 Å². The molecule has 2 atom stereocenters. The number of ether oxygens (including phenoxy) is 1. The molecule has 0 saturated carbocycles. The van der Waals surface area contributed by atoms with Crippen LogP contribution in [0, 0.1) is 12.8 Å². The number of nitrogens with one attached hydrogen (secondary N) is 2. The molecule has 0 spiro atoms. The second kappa shape index (κ2) is 8.62. The minimum absolute atomic E-state index is 0.107. The van der Waals surface area contributed by atoms with Crippen LogP contribution in [-0.4, -0.2) is 62.2 Å². The van der Waals surface area contributed by atoms with Crippen molar-refractivity contribution in [1.82, 2.24) is 20.1 Å². The summed E-state index contributed by atoms with van der Waals surface area (Å²) in [6.07, 6.45) is 2.58. The van der Waals surface area contributed by atoms with E-state index in [-0.39, 0.29) is 17.4 Å². The summed E-state index contributed by atoms with van der Waals surface area (Å²) in [4.78, 5) is 28.3. The number of fused-ring (bicyclic) bond motifs is 2. The van der Waals surface area contributed by atoms with Crippen molar-refractivity contribution in [3.63, 3.8) is 0 Å². The third kappa shape index (κ3) is 3.39. The number of rotatable bonds is 4. The van der Waals surface area contributed by atoms with E-state index in [1.54, 1.807) is 25.8 Å². The van der Waals surface area contributed by atoms with Crippen LogP contribution in [0.25, 0.3) is 0 Å². The topological polar surface area (TPSA) is 75.6 Å². The van der Waals surface area contributed by atoms with Crippen LogP contribution < -0.4 is 15.4 Å². The summed E-state index contributed by atoms with van der Waals surface area (Å²) in [5.41, 5.74) is 4.62. The second-order valence-corrected chi connectivity index (χ2v) is 8.98. The van der Waals surface area contributed by atoms with Crippen molar-refractivity contribution < 1.29 is 14.3 Å². The van der Waals surface area contributed by atoms with Crippen molar-refractivity contribution in [1.29, 1.82) is 0 Å². The fourth-order valence-electron chi connectivity index (χ4n) is 5.86. The summed E-state index contributed by atoms with van der Waals surface area (Å²) < 4.78 is 7.17. The number of aromatic nitrogens is 1. The van der Waals surface area contributed by atoms with Gasteiger partial charge in [-0.25, -0.2) is 4.79 Å². The minimum Gasteiger partial charge on any atom is -0.497 e. The van der Waals surface area contributed by atoms with Gasteiger partial charge in [-0.3, -0.25) is 9.36 Å². The van der Waals surface area contributed by atoms with Crippen molar-refractivity contribution in [2.45, 2.75) is 38.5 Å². The highest BCUT2D eigenvalue weighted by atomic mass is 16.5. The van der Waals surface area contributed by atoms with Crippen molar-refractivity contribution in [3.05, 3.63) is 52.3 Å². The summed E-state index contributed by atoms with van der Waals surface area (Å²) in [7, 11) is 4.92. The van der Waals surface area contributed by atoms with Gasteiger partial charge in [-0.15, -0.1) is 0 Å². The predicted octanol–water partition coefficient (Wildman–Crippen LogP) is 2.73. The molecule has 0 unspecified atom stereocenters. The number of benzene rings is 1. The van der Waals surface area contributed by atoms with Gasteiger partial charge >= 0.3 is 6.03 Å². The van der Waals surface area contributed by atoms with Crippen LogP contribution in [0.2, 0.25) is 0 Å². The zero-order valence-electron chi connectivity index (χ0n) is 19.7. The van der Waals surface area contributed by atoms with E-state index in [4.69, 9.17) is 4.74 Å². The van der Waals surface area contributed by atoms with Gasteiger partial charge in [-0.05, 0) is 74.0 Å². The van der Waals surface area contributed by atoms with E-state index < -0.39 is 0 Å². The fourth-order valence-corrected chi connectivity index (χ4v) is 5.86. The number of hydrogen-bond acceptors (Lipinski definition) is 4. The van der Waals surface area contributed by atoms with Crippen LogP contribution in [0.3, 0.4) is 0 Å². The molecule has 0 radical (unpaired) electrons. The van der Waals surface area contributed by atoms with E-state index >= 15 is 0 Å². The molecular weight excluding hydrogens is 404 g/mol. The molecule has 2 N–H and O–H groups in total. The second-order valence-electron chi connectivity index (χ2n) is 8.98. The summed E-state index contributed by atoms with van der Waals surface area (Å²) >= 11 is 0. The summed E-state index contributed by atoms with van der Waals surface area (Å²) in [5.74, 6) is 1.02. The number of likely N-dealkylation sites (tertiary alicyclic amines) is 1. The normalized spacial score (nSPS) is 22.6. The number of nitrogens with zero attached hydrogens (tertiary/aromatic N) is 2. The van der Waals surface area contributed by atoms with Crippen molar-refractivity contribution in [2.24, 2.45) is 5.92 Å². The van der Waals surface area contributed by atoms with Crippen LogP contribution in [-0.2, 0) is 18.3 Å². The Hall–Kier alpha value is -2.80. The van der Waals surface area contributed by atoms with Crippen molar-refractivity contribution in [3.8, 4) is 5.75 Å². The molecule has 2 amide bonds. The first-order valence-electron chi connectivity index (χ1n) is 11.4. The Labute approximate surface area is 190 Å². The van der Waals surface area contributed by atoms with Crippen LogP contribution in [0.5, 0.6) is 5.75 Å². The van der Waals surface area contributed by atoms with Gasteiger partial charge in [0.1, 0.15) is 11.4 Å². The van der Waals surface area contributed by atoms with Gasteiger partial charge in [0.05, 0.1) is 7.11 Å². The Kier molecular flexibility index (Phi) is 6.03. The lowest BCUT2D eigenvalue weighted by Gasteiger charge is -2.51. The molecule has 1 fully saturated rings. The molecular formula is C25H34N4O3. The molecule has 7 heteroatoms. The Morgan fingerprint density at radius 2 is 2.03 bits per heavy atom. The van der Waals surface area contributed by atoms with Crippen LogP contribution in [0.15, 0.2) is 24.3 Å². The monoisotopic (exact) mass is 438 g/mol. The summed E-state index contributed by atoms with van der Waals surface area (Å²) in [6, 6.07) is 8.12. The lowest BCUT2D eigenvalue weighted by atomic mass is 9.58. The number of methoxy groups -OCH3 is 1. The maximum atomic E-state index is 13.0. The summed E-state index contributed by atoms with van der Waals surface area (Å²) in [6.45, 7) is 7.24. The van der Waals surface area contributed by atoms with E-state index in [2.05, 4.69) is 40.7 Å². The Morgan fingerprint density at radius 3 is 2.69 bits per heavy atom. The molecule has 1 aromatic carbocycles. The quantitative estimate of drug-likeness (QED) is 0.770. The van der Waals surface area contributed by atoms with E-state index in [9.17, 15) is 9.59 Å². The maximum Gasteiger partial charge on any atom is 0.326 e. The first-order valence-corrected chi connectivity index (χ1v) is 11.4. The van der Waals surface area contributed by atoms with Crippen LogP contribution in [0.1, 0.15) is 46.2 Å². The zero-order chi connectivity index (χ0) is 23.0. The molecule has 4 rings (SSSR count). The molecule has 1 saturated heterocycles. The maximum absolute atomic E-state index is 13.0. The van der Waals surface area contributed by atoms with E-state index in [0.717, 1.165) is 61.5 Å². The largest absolute Gasteiger partial charge is 0.497 e. The van der Waals surface area contributed by atoms with Gasteiger partial charge < -0.3 is 20.3 Å². The van der Waals surface area contributed by atoms with Gasteiger partial charge in [0.2, 0.25) is 0 Å². The van der Waals surface area contributed by atoms with Crippen LogP contribution >= 0.6 is 0 Å². The standard InChI is InChI=1S/C25H34N4O3/c1-6-28-11-10-25(17-8-7-9-19(12-17)32-5)14-21-20(13-18(25)15-28)16(2)22(23(30)26-3)29(21)24(31)27-4/h7-9,12,18H,6,10-11,13-15H2,1-5H3,(H,26,30)(H,27,31)/t18-,25+/m1/s1. The highest BCUT2D eigenvalue weighted by molar-refractivity contribution is 5.99. The Bertz CT molecular complexity index is 1040. The molecule has 2 aliphatic rings.